The largest absolute Gasteiger partial charge is 0.480 e. The minimum absolute atomic E-state index is 0.150. The Morgan fingerprint density at radius 3 is 2.21 bits per heavy atom. The lowest BCUT2D eigenvalue weighted by atomic mass is 10.2. The van der Waals surface area contributed by atoms with Crippen molar-refractivity contribution in [2.75, 3.05) is 13.6 Å². The first-order valence-electron chi connectivity index (χ1n) is 4.64. The molecule has 2 N–H and O–H groups in total. The molecule has 0 rings (SSSR count). The maximum absolute atomic E-state index is 11.4. The fourth-order valence-corrected chi connectivity index (χ4v) is 1.02. The van der Waals surface area contributed by atoms with Crippen molar-refractivity contribution >= 4 is 11.9 Å². The van der Waals surface area contributed by atoms with E-state index in [4.69, 9.17) is 5.11 Å². The summed E-state index contributed by atoms with van der Waals surface area (Å²) in [5, 5.41) is 11.4. The number of nitrogens with one attached hydrogen (secondary N) is 1. The summed E-state index contributed by atoms with van der Waals surface area (Å²) in [4.78, 5) is 23.5. The molecule has 0 aromatic carbocycles. The van der Waals surface area contributed by atoms with E-state index in [1.165, 1.54) is 4.90 Å². The van der Waals surface area contributed by atoms with Gasteiger partial charge in [-0.25, -0.2) is 0 Å². The van der Waals surface area contributed by atoms with Crippen LogP contribution in [0.5, 0.6) is 0 Å². The zero-order valence-corrected chi connectivity index (χ0v) is 9.07. The number of carboxylic acids is 1. The number of carboxylic acid groups (broad SMARTS) is 1. The minimum atomic E-state index is -0.927. The third kappa shape index (κ3) is 3.33. The quantitative estimate of drug-likeness (QED) is 0.654. The van der Waals surface area contributed by atoms with Gasteiger partial charge in [0.05, 0.1) is 6.04 Å². The molecule has 0 aromatic heterocycles. The number of carbonyl (C=O) groups is 2. The summed E-state index contributed by atoms with van der Waals surface area (Å²) >= 11 is 0. The van der Waals surface area contributed by atoms with Crippen LogP contribution < -0.4 is 5.32 Å². The van der Waals surface area contributed by atoms with Gasteiger partial charge in [-0.3, -0.25) is 14.5 Å². The molecule has 5 nitrogen and oxygen atoms in total. The number of aliphatic carboxylic acids is 1. The molecule has 0 aliphatic carbocycles. The van der Waals surface area contributed by atoms with Gasteiger partial charge in [0.25, 0.3) is 0 Å². The molecule has 82 valence electrons. The minimum Gasteiger partial charge on any atom is -0.480 e. The molecule has 0 saturated heterocycles. The van der Waals surface area contributed by atoms with Crippen molar-refractivity contribution in [3.63, 3.8) is 0 Å². The molecule has 0 aliphatic rings. The average Bonchev–Trinajstić information content (AvgIpc) is 2.14. The van der Waals surface area contributed by atoms with E-state index in [1.54, 1.807) is 20.9 Å². The number of carbonyl (C=O) groups excluding carboxylic acids is 1. The Morgan fingerprint density at radius 1 is 1.36 bits per heavy atom. The zero-order valence-electron chi connectivity index (χ0n) is 9.07. The van der Waals surface area contributed by atoms with E-state index in [0.717, 1.165) is 0 Å². The maximum Gasteiger partial charge on any atom is 0.320 e. The van der Waals surface area contributed by atoms with Crippen LogP contribution in [0.15, 0.2) is 0 Å². The van der Waals surface area contributed by atoms with E-state index in [0.29, 0.717) is 6.54 Å². The van der Waals surface area contributed by atoms with Crippen LogP contribution in [0.3, 0.4) is 0 Å². The number of amides is 1. The van der Waals surface area contributed by atoms with Crippen LogP contribution in [0.1, 0.15) is 20.8 Å². The van der Waals surface area contributed by atoms with Crippen molar-refractivity contribution in [2.24, 2.45) is 0 Å². The van der Waals surface area contributed by atoms with Crippen molar-refractivity contribution in [3.05, 3.63) is 0 Å². The Hall–Kier alpha value is -1.10. The Morgan fingerprint density at radius 2 is 1.86 bits per heavy atom. The van der Waals surface area contributed by atoms with Crippen LogP contribution in [-0.4, -0.2) is 47.6 Å². The second kappa shape index (κ2) is 5.59. The standard InChI is InChI=1S/C9H18N2O3/c1-5-10-8(12)6(2)11(4)7(3)9(13)14/h6-7H,5H2,1-4H3,(H,10,12)(H,13,14). The van der Waals surface area contributed by atoms with Gasteiger partial charge in [-0.15, -0.1) is 0 Å². The first-order valence-corrected chi connectivity index (χ1v) is 4.64. The number of hydrogen-bond donors (Lipinski definition) is 2. The van der Waals surface area contributed by atoms with Crippen molar-refractivity contribution < 1.29 is 14.7 Å². The second-order valence-electron chi connectivity index (χ2n) is 3.25. The first kappa shape index (κ1) is 12.9. The first-order chi connectivity index (χ1) is 6.41. The molecule has 0 saturated carbocycles. The lowest BCUT2D eigenvalue weighted by Crippen LogP contribution is -2.49. The van der Waals surface area contributed by atoms with E-state index < -0.39 is 18.1 Å². The number of nitrogens with zero attached hydrogens (tertiary/aromatic N) is 1. The summed E-state index contributed by atoms with van der Waals surface area (Å²) in [6.07, 6.45) is 0. The summed E-state index contributed by atoms with van der Waals surface area (Å²) in [5.41, 5.74) is 0. The number of likely N-dealkylation sites (N-methyl/N-ethyl adjacent to an activating group) is 2. The molecular formula is C9H18N2O3. The van der Waals surface area contributed by atoms with Gasteiger partial charge in [0.1, 0.15) is 6.04 Å². The van der Waals surface area contributed by atoms with Crippen LogP contribution in [0.25, 0.3) is 0 Å². The lowest BCUT2D eigenvalue weighted by molar-refractivity contribution is -0.143. The van der Waals surface area contributed by atoms with Gasteiger partial charge in [0, 0.05) is 6.54 Å². The van der Waals surface area contributed by atoms with Crippen LogP contribution in [-0.2, 0) is 9.59 Å². The van der Waals surface area contributed by atoms with Gasteiger partial charge < -0.3 is 10.4 Å². The molecule has 5 heteroatoms. The van der Waals surface area contributed by atoms with Gasteiger partial charge >= 0.3 is 5.97 Å². The fourth-order valence-electron chi connectivity index (χ4n) is 1.02. The lowest BCUT2D eigenvalue weighted by Gasteiger charge is -2.26. The summed E-state index contributed by atoms with van der Waals surface area (Å²) in [7, 11) is 1.62. The highest BCUT2D eigenvalue weighted by Gasteiger charge is 2.25. The van der Waals surface area contributed by atoms with Gasteiger partial charge in [0.2, 0.25) is 5.91 Å². The van der Waals surface area contributed by atoms with Crippen molar-refractivity contribution in [1.29, 1.82) is 0 Å². The maximum atomic E-state index is 11.4. The predicted octanol–water partition coefficient (Wildman–Crippen LogP) is -0.0841. The van der Waals surface area contributed by atoms with Crippen LogP contribution in [0.2, 0.25) is 0 Å². The van der Waals surface area contributed by atoms with Gasteiger partial charge in [0.15, 0.2) is 0 Å². The molecule has 0 radical (unpaired) electrons. The van der Waals surface area contributed by atoms with E-state index in [1.807, 2.05) is 6.92 Å². The summed E-state index contributed by atoms with van der Waals surface area (Å²) in [6, 6.07) is -1.09. The van der Waals surface area contributed by atoms with Crippen LogP contribution >= 0.6 is 0 Å². The van der Waals surface area contributed by atoms with Gasteiger partial charge in [-0.2, -0.15) is 0 Å². The second-order valence-corrected chi connectivity index (χ2v) is 3.25. The molecule has 2 atom stereocenters. The monoisotopic (exact) mass is 202 g/mol. The zero-order chi connectivity index (χ0) is 11.3. The molecule has 0 bridgehead atoms. The van der Waals surface area contributed by atoms with Crippen LogP contribution in [0.4, 0.5) is 0 Å². The van der Waals surface area contributed by atoms with E-state index in [2.05, 4.69) is 5.32 Å². The Balaban J connectivity index is 4.30. The topological polar surface area (TPSA) is 69.6 Å². The molecule has 0 heterocycles. The molecule has 0 fully saturated rings. The predicted molar refractivity (Wildman–Crippen MR) is 53.0 cm³/mol. The smallest absolute Gasteiger partial charge is 0.320 e. The van der Waals surface area contributed by atoms with E-state index in [9.17, 15) is 9.59 Å². The molecule has 1 amide bonds. The normalized spacial score (nSPS) is 14.9. The molecule has 14 heavy (non-hydrogen) atoms. The Kier molecular flexibility index (Phi) is 5.15. The average molecular weight is 202 g/mol. The Bertz CT molecular complexity index is 218. The summed E-state index contributed by atoms with van der Waals surface area (Å²) < 4.78 is 0. The van der Waals surface area contributed by atoms with Crippen molar-refractivity contribution in [1.82, 2.24) is 10.2 Å². The summed E-state index contributed by atoms with van der Waals surface area (Å²) in [6.45, 7) is 5.62. The van der Waals surface area contributed by atoms with Gasteiger partial charge in [-0.05, 0) is 27.8 Å². The third-order valence-electron chi connectivity index (χ3n) is 2.31. The van der Waals surface area contributed by atoms with Gasteiger partial charge in [-0.1, -0.05) is 0 Å². The fraction of sp³-hybridized carbons (Fsp3) is 0.778. The Labute approximate surface area is 84.1 Å². The van der Waals surface area contributed by atoms with E-state index >= 15 is 0 Å². The third-order valence-corrected chi connectivity index (χ3v) is 2.31. The molecule has 0 aliphatic heterocycles. The highest BCUT2D eigenvalue weighted by atomic mass is 16.4. The molecular weight excluding hydrogens is 184 g/mol. The molecule has 2 unspecified atom stereocenters. The SMILES string of the molecule is CCNC(=O)C(C)N(C)C(C)C(=O)O. The highest BCUT2D eigenvalue weighted by molar-refractivity contribution is 5.82. The molecule has 0 aromatic rings. The van der Waals surface area contributed by atoms with Crippen LogP contribution in [0, 0.1) is 0 Å². The van der Waals surface area contributed by atoms with Crippen molar-refractivity contribution in [2.45, 2.75) is 32.9 Å². The number of hydrogen-bond acceptors (Lipinski definition) is 3. The summed E-state index contributed by atoms with van der Waals surface area (Å²) in [5.74, 6) is -1.08. The molecule has 0 spiro atoms. The van der Waals surface area contributed by atoms with E-state index in [-0.39, 0.29) is 5.91 Å². The number of rotatable bonds is 5. The highest BCUT2D eigenvalue weighted by Crippen LogP contribution is 2.02. The van der Waals surface area contributed by atoms with Crippen molar-refractivity contribution in [3.8, 4) is 0 Å².